The number of ketones is 1. The molecule has 1 aliphatic carbocycles. The van der Waals surface area contributed by atoms with Crippen LogP contribution >= 0.6 is 11.8 Å². The van der Waals surface area contributed by atoms with Crippen LogP contribution in [0.15, 0.2) is 36.1 Å². The number of allylic oxidation sites excluding steroid dienone is 5. The van der Waals surface area contributed by atoms with E-state index in [2.05, 4.69) is 5.32 Å². The molecule has 5 nitrogen and oxygen atoms in total. The van der Waals surface area contributed by atoms with Gasteiger partial charge in [-0.15, -0.1) is 0 Å². The van der Waals surface area contributed by atoms with Gasteiger partial charge in [0.2, 0.25) is 0 Å². The maximum absolute atomic E-state index is 11.4. The Morgan fingerprint density at radius 2 is 1.90 bits per heavy atom. The molecule has 0 saturated carbocycles. The van der Waals surface area contributed by atoms with Crippen LogP contribution in [0.4, 0.5) is 0 Å². The predicted octanol–water partition coefficient (Wildman–Crippen LogP) is 1.15. The fraction of sp³-hybridized carbons (Fsp3) is 0.500. The van der Waals surface area contributed by atoms with Crippen LogP contribution in [0.1, 0.15) is 13.3 Å². The summed E-state index contributed by atoms with van der Waals surface area (Å²) in [5.74, 6) is 0.988. The fourth-order valence-corrected chi connectivity index (χ4v) is 1.82. The van der Waals surface area contributed by atoms with Gasteiger partial charge in [-0.05, 0) is 37.5 Å². The van der Waals surface area contributed by atoms with E-state index < -0.39 is 0 Å². The third-order valence-corrected chi connectivity index (χ3v) is 2.93. The van der Waals surface area contributed by atoms with E-state index in [1.165, 1.54) is 6.08 Å². The summed E-state index contributed by atoms with van der Waals surface area (Å²) < 4.78 is 8.19. The molecule has 0 aromatic carbocycles. The van der Waals surface area contributed by atoms with Gasteiger partial charge in [0.25, 0.3) is 0 Å². The van der Waals surface area contributed by atoms with Crippen molar-refractivity contribution in [3.05, 3.63) is 36.1 Å². The molecule has 0 aliphatic heterocycles. The van der Waals surface area contributed by atoms with Gasteiger partial charge in [0.15, 0.2) is 5.78 Å². The van der Waals surface area contributed by atoms with Crippen LogP contribution in [-0.4, -0.2) is 47.3 Å². The molecule has 1 aliphatic rings. The first-order valence-electron chi connectivity index (χ1n) is 6.43. The Balaban J connectivity index is 0. The van der Waals surface area contributed by atoms with Crippen molar-refractivity contribution in [2.75, 3.05) is 25.2 Å². The van der Waals surface area contributed by atoms with Crippen molar-refractivity contribution in [1.29, 1.82) is 0 Å². The molecule has 3 N–H and O–H groups in total. The first-order chi connectivity index (χ1) is 10.2. The summed E-state index contributed by atoms with van der Waals surface area (Å²) in [6.07, 6.45) is 11.4. The van der Waals surface area contributed by atoms with Gasteiger partial charge in [0.05, 0.1) is 6.61 Å². The normalized spacial score (nSPS) is 15.6. The van der Waals surface area contributed by atoms with Gasteiger partial charge in [-0.2, -0.15) is 11.8 Å². The van der Waals surface area contributed by atoms with E-state index >= 15 is 0 Å². The molecule has 0 aromatic rings. The number of hydrogen-bond acceptors (Lipinski definition) is 6. The number of rotatable bonds is 6. The van der Waals surface area contributed by atoms with Crippen LogP contribution < -0.4 is 5.32 Å². The Morgan fingerprint density at radius 3 is 2.38 bits per heavy atom. The number of aliphatic hydroxyl groups excluding tert-OH is 2. The summed E-state index contributed by atoms with van der Waals surface area (Å²) in [5, 5.41) is 19.8. The Bertz CT molecular complexity index is 359. The van der Waals surface area contributed by atoms with Crippen molar-refractivity contribution in [1.82, 2.24) is 5.32 Å². The monoisotopic (exact) mass is 352 g/mol. The molecule has 0 saturated heterocycles. The van der Waals surface area contributed by atoms with Crippen molar-refractivity contribution in [2.24, 2.45) is 0 Å². The predicted molar refractivity (Wildman–Crippen MR) is 81.8 cm³/mol. The molecule has 1 rings (SSSR count). The summed E-state index contributed by atoms with van der Waals surface area (Å²) >= 11 is 2.81. The molecular weight excluding hydrogens is 329 g/mol. The first-order valence-corrected chi connectivity index (χ1v) is 8.40. The molecule has 0 radical (unpaired) electrons. The van der Waals surface area contributed by atoms with Crippen LogP contribution in [0, 0.1) is 0 Å². The van der Waals surface area contributed by atoms with Crippen molar-refractivity contribution in [2.45, 2.75) is 19.4 Å². The van der Waals surface area contributed by atoms with E-state index in [9.17, 15) is 4.79 Å². The van der Waals surface area contributed by atoms with Crippen molar-refractivity contribution in [3.63, 3.8) is 0 Å². The molecule has 1 atom stereocenters. The van der Waals surface area contributed by atoms with Crippen LogP contribution in [0.2, 0.25) is 0 Å². The van der Waals surface area contributed by atoms with Gasteiger partial charge >= 0.3 is 21.0 Å². The topological polar surface area (TPSA) is 86.6 Å². The molecule has 0 spiro atoms. The maximum atomic E-state index is 11.4. The molecule has 0 unspecified atom stereocenters. The molecule has 7 heteroatoms. The Kier molecular flexibility index (Phi) is 18.7. The zero-order chi connectivity index (χ0) is 16.5. The van der Waals surface area contributed by atoms with E-state index in [1.807, 2.05) is 12.3 Å². The summed E-state index contributed by atoms with van der Waals surface area (Å²) in [5.41, 5.74) is 0.630. The fourth-order valence-electron chi connectivity index (χ4n) is 1.29. The van der Waals surface area contributed by atoms with Crippen molar-refractivity contribution < 1.29 is 36.1 Å². The van der Waals surface area contributed by atoms with Crippen LogP contribution in [0.5, 0.6) is 0 Å². The molecule has 0 aromatic heterocycles. The quantitative estimate of drug-likeness (QED) is 0.622. The SMILES string of the molecule is CCO.CSCC[C@@H](CO)N/C=C1/C=CC=CC1=O.[O]=[V]. The number of carbonyl (C=O) groups excluding carboxylic acids is 1. The first kappa shape index (κ1) is 22.6. The number of nitrogens with one attached hydrogen (secondary N) is 1. The third kappa shape index (κ3) is 12.8. The minimum atomic E-state index is -0.00319. The molecule has 119 valence electrons. The Morgan fingerprint density at radius 1 is 1.33 bits per heavy atom. The van der Waals surface area contributed by atoms with Gasteiger partial charge in [-0.1, -0.05) is 12.2 Å². The van der Waals surface area contributed by atoms with Crippen LogP contribution in [0.25, 0.3) is 0 Å². The average molecular weight is 352 g/mol. The molecule has 0 amide bonds. The van der Waals surface area contributed by atoms with Crippen LogP contribution in [-0.2, 0) is 25.8 Å². The van der Waals surface area contributed by atoms with Gasteiger partial charge < -0.3 is 15.5 Å². The Hall–Kier alpha value is -0.656. The van der Waals surface area contributed by atoms with Crippen molar-refractivity contribution in [3.8, 4) is 0 Å². The number of aliphatic hydroxyl groups is 2. The van der Waals surface area contributed by atoms with E-state index in [4.69, 9.17) is 13.9 Å². The second-order valence-electron chi connectivity index (χ2n) is 3.83. The minimum absolute atomic E-state index is 0.00319. The van der Waals surface area contributed by atoms with E-state index in [0.717, 1.165) is 29.5 Å². The molecule has 21 heavy (non-hydrogen) atoms. The summed E-state index contributed by atoms with van der Waals surface area (Å²) in [4.78, 5) is 11.4. The standard InChI is InChI=1S/C12H17NO2S.C2H6O.O.V/c1-16-7-6-11(9-14)13-8-10-4-2-3-5-12(10)15;1-2-3;;/h2-5,8,11,13-14H,6-7,9H2,1H3;3H,2H2,1H3;;/b10-8-;;;/t11-;;;/m0.../s1. The second-order valence-corrected chi connectivity index (χ2v) is 4.81. The summed E-state index contributed by atoms with van der Waals surface area (Å²) in [6, 6.07) is 0.0204. The van der Waals surface area contributed by atoms with E-state index in [1.54, 1.807) is 37.0 Å². The molecular formula is C14H23NO4SV. The second kappa shape index (κ2) is 17.4. The average Bonchev–Trinajstić information content (AvgIpc) is 2.52. The van der Waals surface area contributed by atoms with E-state index in [-0.39, 0.29) is 25.0 Å². The summed E-state index contributed by atoms with van der Waals surface area (Å²) in [6.45, 7) is 2.01. The zero-order valence-electron chi connectivity index (χ0n) is 12.4. The van der Waals surface area contributed by atoms with Crippen molar-refractivity contribution >= 4 is 17.5 Å². The van der Waals surface area contributed by atoms with Gasteiger partial charge in [0.1, 0.15) is 0 Å². The third-order valence-electron chi connectivity index (χ3n) is 2.28. The van der Waals surface area contributed by atoms with Gasteiger partial charge in [0, 0.05) is 24.4 Å². The number of thioether (sulfide) groups is 1. The zero-order valence-corrected chi connectivity index (χ0v) is 14.6. The van der Waals surface area contributed by atoms with Crippen LogP contribution in [0.3, 0.4) is 0 Å². The van der Waals surface area contributed by atoms with E-state index in [0.29, 0.717) is 5.57 Å². The molecule has 0 fully saturated rings. The van der Waals surface area contributed by atoms with Gasteiger partial charge in [-0.25, -0.2) is 0 Å². The van der Waals surface area contributed by atoms with Gasteiger partial charge in [-0.3, -0.25) is 4.79 Å². The summed E-state index contributed by atoms with van der Waals surface area (Å²) in [7, 11) is 0. The Labute approximate surface area is 139 Å². The number of carbonyl (C=O) groups is 1. The number of hydrogen-bond donors (Lipinski definition) is 3. The molecule has 0 bridgehead atoms. The molecule has 0 heterocycles.